The summed E-state index contributed by atoms with van der Waals surface area (Å²) in [6.07, 6.45) is 1.56. The molecule has 1 fully saturated rings. The van der Waals surface area contributed by atoms with Crippen LogP contribution >= 0.6 is 0 Å². The third-order valence-corrected chi connectivity index (χ3v) is 4.51. The van der Waals surface area contributed by atoms with Crippen LogP contribution in [0.1, 0.15) is 17.7 Å². The number of rotatable bonds is 5. The number of aliphatic hydroxyl groups excluding tert-OH is 1. The monoisotopic (exact) mass is 320 g/mol. The van der Waals surface area contributed by atoms with Crippen molar-refractivity contribution in [1.29, 1.82) is 0 Å². The number of β-amino-alcohol motifs (C(OH)–C–C–N with tert-alkyl or cyclic N) is 1. The molecule has 0 saturated carbocycles. The molecule has 0 unspecified atom stereocenters. The van der Waals surface area contributed by atoms with Gasteiger partial charge in [0, 0.05) is 25.2 Å². The fraction of sp³-hybridized carbons (Fsp3) is 0.263. The van der Waals surface area contributed by atoms with Gasteiger partial charge < -0.3 is 5.11 Å². The SMILES string of the molecule is O[C@H](CN1CC(n2cc(-c3ccccc3)nn2)C1)c1ccccc1. The molecule has 1 N–H and O–H groups in total. The summed E-state index contributed by atoms with van der Waals surface area (Å²) in [5, 5.41) is 18.8. The van der Waals surface area contributed by atoms with Crippen LogP contribution in [0.5, 0.6) is 0 Å². The molecular weight excluding hydrogens is 300 g/mol. The van der Waals surface area contributed by atoms with Crippen molar-refractivity contribution in [3.8, 4) is 11.3 Å². The zero-order valence-corrected chi connectivity index (χ0v) is 13.4. The molecule has 1 atom stereocenters. The molecule has 2 heterocycles. The predicted octanol–water partition coefficient (Wildman–Crippen LogP) is 2.54. The topological polar surface area (TPSA) is 54.2 Å². The van der Waals surface area contributed by atoms with Crippen molar-refractivity contribution in [3.63, 3.8) is 0 Å². The van der Waals surface area contributed by atoms with E-state index in [4.69, 9.17) is 0 Å². The average Bonchev–Trinajstić information content (AvgIpc) is 3.08. The zero-order valence-electron chi connectivity index (χ0n) is 13.4. The average molecular weight is 320 g/mol. The molecule has 0 spiro atoms. The maximum atomic E-state index is 10.3. The highest BCUT2D eigenvalue weighted by Crippen LogP contribution is 2.25. The lowest BCUT2D eigenvalue weighted by Gasteiger charge is -2.39. The van der Waals surface area contributed by atoms with Crippen LogP contribution in [0.3, 0.4) is 0 Å². The predicted molar refractivity (Wildman–Crippen MR) is 92.3 cm³/mol. The summed E-state index contributed by atoms with van der Waals surface area (Å²) in [7, 11) is 0. The van der Waals surface area contributed by atoms with Crippen molar-refractivity contribution in [2.75, 3.05) is 19.6 Å². The molecule has 1 aliphatic heterocycles. The van der Waals surface area contributed by atoms with Crippen LogP contribution in [0.15, 0.2) is 66.9 Å². The van der Waals surface area contributed by atoms with Gasteiger partial charge in [0.1, 0.15) is 5.69 Å². The van der Waals surface area contributed by atoms with Crippen molar-refractivity contribution < 1.29 is 5.11 Å². The first-order chi connectivity index (χ1) is 11.8. The Kier molecular flexibility index (Phi) is 4.11. The Morgan fingerprint density at radius 2 is 1.67 bits per heavy atom. The van der Waals surface area contributed by atoms with Gasteiger partial charge in [0.25, 0.3) is 0 Å². The highest BCUT2D eigenvalue weighted by molar-refractivity contribution is 5.57. The smallest absolute Gasteiger partial charge is 0.113 e. The number of likely N-dealkylation sites (tertiary alicyclic amines) is 1. The van der Waals surface area contributed by atoms with Crippen LogP contribution < -0.4 is 0 Å². The Morgan fingerprint density at radius 1 is 1.00 bits per heavy atom. The third kappa shape index (κ3) is 3.09. The van der Waals surface area contributed by atoms with Crippen molar-refractivity contribution in [2.45, 2.75) is 12.1 Å². The van der Waals surface area contributed by atoms with Crippen LogP contribution in [-0.2, 0) is 0 Å². The van der Waals surface area contributed by atoms with E-state index in [1.807, 2.05) is 71.5 Å². The van der Waals surface area contributed by atoms with Crippen LogP contribution in [-0.4, -0.2) is 44.6 Å². The molecule has 3 aromatic rings. The summed E-state index contributed by atoms with van der Waals surface area (Å²) in [4.78, 5) is 2.24. The van der Waals surface area contributed by atoms with Gasteiger partial charge in [0.15, 0.2) is 0 Å². The lowest BCUT2D eigenvalue weighted by molar-refractivity contribution is 0.0395. The first kappa shape index (κ1) is 15.1. The van der Waals surface area contributed by atoms with E-state index < -0.39 is 6.10 Å². The summed E-state index contributed by atoms with van der Waals surface area (Å²) in [5.41, 5.74) is 2.95. The van der Waals surface area contributed by atoms with Gasteiger partial charge in [-0.05, 0) is 5.56 Å². The number of aliphatic hydroxyl groups is 1. The first-order valence-corrected chi connectivity index (χ1v) is 8.22. The van der Waals surface area contributed by atoms with E-state index in [1.165, 1.54) is 0 Å². The minimum atomic E-state index is -0.442. The molecule has 0 amide bonds. The van der Waals surface area contributed by atoms with Gasteiger partial charge in [-0.2, -0.15) is 0 Å². The summed E-state index contributed by atoms with van der Waals surface area (Å²) >= 11 is 0. The molecule has 1 aromatic heterocycles. The van der Waals surface area contributed by atoms with E-state index in [2.05, 4.69) is 15.2 Å². The molecular formula is C19H20N4O. The van der Waals surface area contributed by atoms with Gasteiger partial charge in [0.2, 0.25) is 0 Å². The highest BCUT2D eigenvalue weighted by Gasteiger charge is 2.30. The van der Waals surface area contributed by atoms with Gasteiger partial charge in [0.05, 0.1) is 18.3 Å². The maximum Gasteiger partial charge on any atom is 0.113 e. The fourth-order valence-corrected chi connectivity index (χ4v) is 3.08. The van der Waals surface area contributed by atoms with Crippen molar-refractivity contribution in [3.05, 3.63) is 72.4 Å². The van der Waals surface area contributed by atoms with E-state index in [0.717, 1.165) is 29.9 Å². The quantitative estimate of drug-likeness (QED) is 0.785. The standard InChI is InChI=1S/C19H20N4O/c24-19(16-9-5-2-6-10-16)14-22-11-17(12-22)23-13-18(20-21-23)15-7-3-1-4-8-15/h1-10,13,17,19,24H,11-12,14H2/t19-/m1/s1. The fourth-order valence-electron chi connectivity index (χ4n) is 3.08. The van der Waals surface area contributed by atoms with Crippen LogP contribution in [0.2, 0.25) is 0 Å². The molecule has 24 heavy (non-hydrogen) atoms. The number of aromatic nitrogens is 3. The molecule has 0 bridgehead atoms. The van der Waals surface area contributed by atoms with Crippen molar-refractivity contribution in [2.24, 2.45) is 0 Å². The Hall–Kier alpha value is -2.50. The normalized spacial score (nSPS) is 16.7. The molecule has 2 aromatic carbocycles. The van der Waals surface area contributed by atoms with Crippen LogP contribution in [0.4, 0.5) is 0 Å². The molecule has 0 radical (unpaired) electrons. The van der Waals surface area contributed by atoms with Crippen molar-refractivity contribution >= 4 is 0 Å². The Labute approximate surface area is 141 Å². The van der Waals surface area contributed by atoms with Gasteiger partial charge in [-0.3, -0.25) is 4.90 Å². The lowest BCUT2D eigenvalue weighted by Crippen LogP contribution is -2.49. The molecule has 4 rings (SSSR count). The second kappa shape index (κ2) is 6.55. The first-order valence-electron chi connectivity index (χ1n) is 8.22. The number of nitrogens with zero attached hydrogens (tertiary/aromatic N) is 4. The molecule has 0 aliphatic carbocycles. The van der Waals surface area contributed by atoms with E-state index in [0.29, 0.717) is 12.6 Å². The number of benzene rings is 2. The minimum Gasteiger partial charge on any atom is -0.387 e. The lowest BCUT2D eigenvalue weighted by atomic mass is 10.0. The molecule has 5 nitrogen and oxygen atoms in total. The highest BCUT2D eigenvalue weighted by atomic mass is 16.3. The number of hydrogen-bond donors (Lipinski definition) is 1. The summed E-state index contributed by atoms with van der Waals surface area (Å²) in [6, 6.07) is 20.2. The summed E-state index contributed by atoms with van der Waals surface area (Å²) in [5.74, 6) is 0. The summed E-state index contributed by atoms with van der Waals surface area (Å²) < 4.78 is 1.94. The van der Waals surface area contributed by atoms with E-state index >= 15 is 0 Å². The molecule has 122 valence electrons. The Morgan fingerprint density at radius 3 is 2.38 bits per heavy atom. The molecule has 1 aliphatic rings. The van der Waals surface area contributed by atoms with Crippen molar-refractivity contribution in [1.82, 2.24) is 19.9 Å². The summed E-state index contributed by atoms with van der Waals surface area (Å²) in [6.45, 7) is 2.43. The Balaban J connectivity index is 1.34. The molecule has 5 heteroatoms. The van der Waals surface area contributed by atoms with E-state index in [-0.39, 0.29) is 0 Å². The Bertz CT molecular complexity index is 781. The zero-order chi connectivity index (χ0) is 16.4. The van der Waals surface area contributed by atoms with Gasteiger partial charge >= 0.3 is 0 Å². The second-order valence-electron chi connectivity index (χ2n) is 6.25. The van der Waals surface area contributed by atoms with Crippen LogP contribution in [0.25, 0.3) is 11.3 Å². The third-order valence-electron chi connectivity index (χ3n) is 4.51. The molecule has 1 saturated heterocycles. The van der Waals surface area contributed by atoms with E-state index in [1.54, 1.807) is 0 Å². The van der Waals surface area contributed by atoms with Gasteiger partial charge in [-0.15, -0.1) is 5.10 Å². The van der Waals surface area contributed by atoms with Gasteiger partial charge in [-0.1, -0.05) is 65.9 Å². The minimum absolute atomic E-state index is 0.331. The van der Waals surface area contributed by atoms with E-state index in [9.17, 15) is 5.11 Å². The van der Waals surface area contributed by atoms with Crippen LogP contribution in [0, 0.1) is 0 Å². The number of hydrogen-bond acceptors (Lipinski definition) is 4. The second-order valence-corrected chi connectivity index (χ2v) is 6.25. The van der Waals surface area contributed by atoms with Gasteiger partial charge in [-0.25, -0.2) is 4.68 Å². The maximum absolute atomic E-state index is 10.3. The largest absolute Gasteiger partial charge is 0.387 e.